The van der Waals surface area contributed by atoms with Crippen LogP contribution in [0.5, 0.6) is 0 Å². The molecule has 0 saturated carbocycles. The maximum atomic E-state index is 12.7. The number of hydrogen-bond acceptors (Lipinski definition) is 6. The number of β-amino-alcohol motifs (C(OH)–C–C–N with tert-alkyl or cyclic N) is 1. The number of imide groups is 1. The average molecular weight is 372 g/mol. The quantitative estimate of drug-likeness (QED) is 0.507. The van der Waals surface area contributed by atoms with E-state index in [1.165, 1.54) is 0 Å². The van der Waals surface area contributed by atoms with Crippen LogP contribution in [-0.2, 0) is 22.7 Å². The van der Waals surface area contributed by atoms with Gasteiger partial charge in [0.15, 0.2) is 0 Å². The molecule has 0 bridgehead atoms. The van der Waals surface area contributed by atoms with Crippen molar-refractivity contribution in [3.8, 4) is 0 Å². The predicted molar refractivity (Wildman–Crippen MR) is 96.6 cm³/mol. The lowest BCUT2D eigenvalue weighted by molar-refractivity contribution is -0.136. The molecule has 3 heterocycles. The first-order chi connectivity index (χ1) is 13.0. The van der Waals surface area contributed by atoms with Gasteiger partial charge in [0.05, 0.1) is 6.10 Å². The summed E-state index contributed by atoms with van der Waals surface area (Å²) in [6.45, 7) is 2.48. The van der Waals surface area contributed by atoms with Gasteiger partial charge in [0.25, 0.3) is 5.91 Å². The second kappa shape index (κ2) is 7.38. The number of piperidine rings is 1. The number of carbonyl (C=O) groups is 3. The summed E-state index contributed by atoms with van der Waals surface area (Å²) in [4.78, 5) is 37.6. The summed E-state index contributed by atoms with van der Waals surface area (Å²) >= 11 is 0. The molecular weight excluding hydrogens is 348 g/mol. The molecule has 4 N–H and O–H groups in total. The highest BCUT2D eigenvalue weighted by Crippen LogP contribution is 2.28. The Bertz CT molecular complexity index is 781. The summed E-state index contributed by atoms with van der Waals surface area (Å²) in [5, 5.41) is 18.5. The highest BCUT2D eigenvalue weighted by Gasteiger charge is 2.39. The van der Waals surface area contributed by atoms with Gasteiger partial charge in [0.1, 0.15) is 6.04 Å². The van der Waals surface area contributed by atoms with Crippen LogP contribution in [0.25, 0.3) is 0 Å². The van der Waals surface area contributed by atoms with E-state index >= 15 is 0 Å². The Labute approximate surface area is 157 Å². The molecule has 2 saturated heterocycles. The Kier molecular flexibility index (Phi) is 4.94. The summed E-state index contributed by atoms with van der Waals surface area (Å²) in [7, 11) is 0. The molecule has 3 aliphatic rings. The fraction of sp³-hybridized carbons (Fsp3) is 0.526. The number of amides is 3. The van der Waals surface area contributed by atoms with Crippen LogP contribution in [0.1, 0.15) is 40.7 Å². The number of hydrogen-bond donors (Lipinski definition) is 4. The van der Waals surface area contributed by atoms with Crippen molar-refractivity contribution >= 4 is 17.7 Å². The molecule has 0 aliphatic carbocycles. The lowest BCUT2D eigenvalue weighted by atomic mass is 10.0. The first-order valence-electron chi connectivity index (χ1n) is 9.40. The van der Waals surface area contributed by atoms with Crippen molar-refractivity contribution in [1.82, 2.24) is 20.9 Å². The van der Waals surface area contributed by atoms with Gasteiger partial charge in [-0.05, 0) is 30.0 Å². The Hall–Kier alpha value is -2.29. The van der Waals surface area contributed by atoms with Gasteiger partial charge in [-0.3, -0.25) is 19.7 Å². The number of rotatable bonds is 5. The fourth-order valence-electron chi connectivity index (χ4n) is 4.08. The van der Waals surface area contributed by atoms with E-state index in [9.17, 15) is 19.5 Å². The molecule has 144 valence electrons. The second-order valence-electron chi connectivity index (χ2n) is 7.52. The lowest BCUT2D eigenvalue weighted by Crippen LogP contribution is -2.52. The zero-order valence-corrected chi connectivity index (χ0v) is 15.0. The molecule has 3 aliphatic heterocycles. The smallest absolute Gasteiger partial charge is 0.255 e. The maximum absolute atomic E-state index is 12.7. The summed E-state index contributed by atoms with van der Waals surface area (Å²) in [6, 6.07) is 5.44. The molecule has 4 rings (SSSR count). The minimum absolute atomic E-state index is 0.150. The third-order valence-corrected chi connectivity index (χ3v) is 5.51. The van der Waals surface area contributed by atoms with Gasteiger partial charge in [-0.15, -0.1) is 0 Å². The summed E-state index contributed by atoms with van der Waals surface area (Å²) in [5.74, 6) is -0.818. The Morgan fingerprint density at radius 1 is 1.26 bits per heavy atom. The highest BCUT2D eigenvalue weighted by atomic mass is 16.3. The molecule has 3 atom stereocenters. The van der Waals surface area contributed by atoms with Gasteiger partial charge >= 0.3 is 0 Å². The molecule has 27 heavy (non-hydrogen) atoms. The van der Waals surface area contributed by atoms with Gasteiger partial charge in [-0.1, -0.05) is 12.1 Å². The van der Waals surface area contributed by atoms with Crippen LogP contribution in [0.4, 0.5) is 0 Å². The number of benzene rings is 1. The zero-order chi connectivity index (χ0) is 19.0. The molecule has 3 amide bonds. The van der Waals surface area contributed by atoms with Crippen LogP contribution in [0.15, 0.2) is 18.2 Å². The minimum atomic E-state index is -0.580. The van der Waals surface area contributed by atoms with Crippen LogP contribution in [-0.4, -0.2) is 59.0 Å². The topological polar surface area (TPSA) is 111 Å². The molecular formula is C19H24N4O4. The maximum Gasteiger partial charge on any atom is 0.255 e. The molecule has 0 radical (unpaired) electrons. The summed E-state index contributed by atoms with van der Waals surface area (Å²) in [6.07, 6.45) is 1.13. The van der Waals surface area contributed by atoms with Gasteiger partial charge in [-0.25, -0.2) is 0 Å². The molecule has 1 aromatic carbocycles. The van der Waals surface area contributed by atoms with Crippen molar-refractivity contribution in [2.24, 2.45) is 0 Å². The highest BCUT2D eigenvalue weighted by molar-refractivity contribution is 6.05. The van der Waals surface area contributed by atoms with Crippen molar-refractivity contribution in [3.05, 3.63) is 34.9 Å². The first-order valence-corrected chi connectivity index (χ1v) is 9.40. The van der Waals surface area contributed by atoms with E-state index in [0.717, 1.165) is 24.1 Å². The standard InChI is InChI=1S/C19H24N4O4/c24-14-6-13(21-9-14)8-20-7-11-1-2-15-12(5-11)10-23(19(15)27)16-3-4-17(25)22-18(16)26/h1-2,5,13-14,16,20-21,24H,3-4,6-10H2,(H,22,25,26)/t13-,14-,16?/m1/s1. The van der Waals surface area contributed by atoms with Crippen LogP contribution in [0.3, 0.4) is 0 Å². The number of fused-ring (bicyclic) bond motifs is 1. The molecule has 8 nitrogen and oxygen atoms in total. The molecule has 2 fully saturated rings. The number of nitrogens with zero attached hydrogens (tertiary/aromatic N) is 1. The fourth-order valence-corrected chi connectivity index (χ4v) is 4.08. The second-order valence-corrected chi connectivity index (χ2v) is 7.52. The van der Waals surface area contributed by atoms with E-state index in [1.807, 2.05) is 18.2 Å². The summed E-state index contributed by atoms with van der Waals surface area (Å²) < 4.78 is 0. The van der Waals surface area contributed by atoms with Crippen molar-refractivity contribution < 1.29 is 19.5 Å². The normalized spacial score (nSPS) is 27.8. The van der Waals surface area contributed by atoms with Crippen LogP contribution in [0.2, 0.25) is 0 Å². The van der Waals surface area contributed by atoms with E-state index in [2.05, 4.69) is 16.0 Å². The van der Waals surface area contributed by atoms with Crippen LogP contribution >= 0.6 is 0 Å². The monoisotopic (exact) mass is 372 g/mol. The van der Waals surface area contributed by atoms with E-state index in [-0.39, 0.29) is 36.3 Å². The van der Waals surface area contributed by atoms with Crippen molar-refractivity contribution in [1.29, 1.82) is 0 Å². The van der Waals surface area contributed by atoms with E-state index in [4.69, 9.17) is 0 Å². The molecule has 0 aromatic heterocycles. The van der Waals surface area contributed by atoms with Gasteiger partial charge < -0.3 is 20.6 Å². The average Bonchev–Trinajstić information content (AvgIpc) is 3.18. The van der Waals surface area contributed by atoms with Gasteiger partial charge in [0.2, 0.25) is 11.8 Å². The third kappa shape index (κ3) is 3.73. The Morgan fingerprint density at radius 2 is 2.11 bits per heavy atom. The third-order valence-electron chi connectivity index (χ3n) is 5.51. The number of nitrogens with one attached hydrogen (secondary N) is 3. The Balaban J connectivity index is 1.37. The number of aliphatic hydroxyl groups is 1. The predicted octanol–water partition coefficient (Wildman–Crippen LogP) is -0.740. The minimum Gasteiger partial charge on any atom is -0.392 e. The number of aliphatic hydroxyl groups excluding tert-OH is 1. The molecule has 1 aromatic rings. The van der Waals surface area contributed by atoms with Crippen LogP contribution < -0.4 is 16.0 Å². The SMILES string of the molecule is O=C1CCC(N2Cc3cc(CNC[C@H]4C[C@@H](O)CN4)ccc3C2=O)C(=O)N1. The van der Waals surface area contributed by atoms with Crippen molar-refractivity contribution in [3.63, 3.8) is 0 Å². The van der Waals surface area contributed by atoms with Gasteiger partial charge in [0, 0.05) is 44.2 Å². The largest absolute Gasteiger partial charge is 0.392 e. The van der Waals surface area contributed by atoms with E-state index in [0.29, 0.717) is 31.6 Å². The molecule has 1 unspecified atom stereocenters. The lowest BCUT2D eigenvalue weighted by Gasteiger charge is -2.29. The Morgan fingerprint density at radius 3 is 2.85 bits per heavy atom. The molecule has 8 heteroatoms. The van der Waals surface area contributed by atoms with E-state index in [1.54, 1.807) is 4.90 Å². The van der Waals surface area contributed by atoms with Gasteiger partial charge in [-0.2, -0.15) is 0 Å². The van der Waals surface area contributed by atoms with E-state index < -0.39 is 6.04 Å². The van der Waals surface area contributed by atoms with Crippen LogP contribution in [0, 0.1) is 0 Å². The number of carbonyl (C=O) groups excluding carboxylic acids is 3. The first kappa shape index (κ1) is 18.1. The van der Waals surface area contributed by atoms with Crippen molar-refractivity contribution in [2.75, 3.05) is 13.1 Å². The molecule has 0 spiro atoms. The van der Waals surface area contributed by atoms with Crippen molar-refractivity contribution in [2.45, 2.75) is 50.5 Å². The zero-order valence-electron chi connectivity index (χ0n) is 15.0. The summed E-state index contributed by atoms with van der Waals surface area (Å²) in [5.41, 5.74) is 2.62.